The summed E-state index contributed by atoms with van der Waals surface area (Å²) in [5.41, 5.74) is 2.85. The van der Waals surface area contributed by atoms with Gasteiger partial charge in [-0.3, -0.25) is 0 Å². The van der Waals surface area contributed by atoms with Gasteiger partial charge in [0.1, 0.15) is 0 Å². The van der Waals surface area contributed by atoms with E-state index in [0.717, 1.165) is 16.9 Å². The zero-order valence-corrected chi connectivity index (χ0v) is 12.5. The number of nitrogens with one attached hydrogen (secondary N) is 1. The molecule has 2 aromatic heterocycles. The molecule has 0 aliphatic rings. The average Bonchev–Trinajstić information content (AvgIpc) is 3.10. The summed E-state index contributed by atoms with van der Waals surface area (Å²) in [6.07, 6.45) is 6.83. The first-order chi connectivity index (χ1) is 11.1. The number of nitro groups is 1. The van der Waals surface area contributed by atoms with E-state index in [2.05, 4.69) is 21.4 Å². The van der Waals surface area contributed by atoms with Crippen molar-refractivity contribution in [3.05, 3.63) is 77.0 Å². The van der Waals surface area contributed by atoms with Crippen molar-refractivity contribution in [1.29, 1.82) is 0 Å². The number of imidazole rings is 1. The molecule has 0 bridgehead atoms. The molecular formula is C16H15N5O2. The smallest absolute Gasteiger partial charge is 0.363 e. The van der Waals surface area contributed by atoms with Crippen LogP contribution in [0.2, 0.25) is 0 Å². The molecule has 2 heterocycles. The fraction of sp³-hybridized carbons (Fsp3) is 0.125. The monoisotopic (exact) mass is 309 g/mol. The highest BCUT2D eigenvalue weighted by molar-refractivity contribution is 5.47. The molecular weight excluding hydrogens is 294 g/mol. The molecule has 0 fully saturated rings. The van der Waals surface area contributed by atoms with E-state index >= 15 is 0 Å². The van der Waals surface area contributed by atoms with Gasteiger partial charge >= 0.3 is 5.82 Å². The minimum Gasteiger partial charge on any atom is -0.375 e. The molecule has 3 rings (SSSR count). The van der Waals surface area contributed by atoms with Gasteiger partial charge in [-0.05, 0) is 40.6 Å². The largest absolute Gasteiger partial charge is 0.375 e. The Kier molecular flexibility index (Phi) is 4.01. The Labute approximate surface area is 132 Å². The molecule has 0 aliphatic heterocycles. The Bertz CT molecular complexity index is 800. The highest BCUT2D eigenvalue weighted by Gasteiger charge is 2.10. The first-order valence-corrected chi connectivity index (χ1v) is 7.09. The van der Waals surface area contributed by atoms with E-state index in [1.54, 1.807) is 18.6 Å². The number of anilines is 1. The van der Waals surface area contributed by atoms with Gasteiger partial charge in [0, 0.05) is 30.2 Å². The molecule has 1 atom stereocenters. The lowest BCUT2D eigenvalue weighted by Crippen LogP contribution is -2.07. The lowest BCUT2D eigenvalue weighted by molar-refractivity contribution is -0.389. The summed E-state index contributed by atoms with van der Waals surface area (Å²) in [5, 5.41) is 13.9. The van der Waals surface area contributed by atoms with Gasteiger partial charge in [0.2, 0.25) is 0 Å². The third-order valence-corrected chi connectivity index (χ3v) is 3.49. The van der Waals surface area contributed by atoms with E-state index < -0.39 is 4.92 Å². The van der Waals surface area contributed by atoms with Crippen molar-refractivity contribution >= 4 is 11.5 Å². The summed E-state index contributed by atoms with van der Waals surface area (Å²) in [6, 6.07) is 11.2. The number of pyridine rings is 1. The van der Waals surface area contributed by atoms with E-state index in [9.17, 15) is 10.1 Å². The van der Waals surface area contributed by atoms with Crippen LogP contribution in [-0.4, -0.2) is 19.5 Å². The molecule has 0 saturated heterocycles. The van der Waals surface area contributed by atoms with Crippen LogP contribution in [0.15, 0.2) is 61.3 Å². The van der Waals surface area contributed by atoms with E-state index in [-0.39, 0.29) is 11.9 Å². The van der Waals surface area contributed by atoms with Gasteiger partial charge in [0.15, 0.2) is 6.20 Å². The summed E-state index contributed by atoms with van der Waals surface area (Å²) in [7, 11) is 0. The molecule has 0 unspecified atom stereocenters. The zero-order chi connectivity index (χ0) is 16.2. The minimum atomic E-state index is -0.512. The molecule has 7 heteroatoms. The lowest BCUT2D eigenvalue weighted by Gasteiger charge is -2.16. The van der Waals surface area contributed by atoms with Crippen LogP contribution in [0.5, 0.6) is 0 Å². The van der Waals surface area contributed by atoms with Crippen molar-refractivity contribution in [3.63, 3.8) is 0 Å². The maximum atomic E-state index is 10.6. The van der Waals surface area contributed by atoms with Crippen LogP contribution in [0.4, 0.5) is 11.5 Å². The second-order valence-corrected chi connectivity index (χ2v) is 5.09. The second kappa shape index (κ2) is 6.27. The second-order valence-electron chi connectivity index (χ2n) is 5.09. The molecule has 7 nitrogen and oxygen atoms in total. The fourth-order valence-corrected chi connectivity index (χ4v) is 2.28. The van der Waals surface area contributed by atoms with Crippen LogP contribution in [0.25, 0.3) is 5.69 Å². The maximum absolute atomic E-state index is 10.6. The predicted octanol–water partition coefficient (Wildman–Crippen LogP) is 3.35. The summed E-state index contributed by atoms with van der Waals surface area (Å²) in [5.74, 6) is -0.162. The molecule has 3 aromatic rings. The van der Waals surface area contributed by atoms with Crippen LogP contribution in [0.3, 0.4) is 0 Å². The molecule has 0 aliphatic carbocycles. The number of nitrogens with zero attached hydrogens (tertiary/aromatic N) is 4. The Morgan fingerprint density at radius 2 is 2.17 bits per heavy atom. The Balaban J connectivity index is 1.76. The van der Waals surface area contributed by atoms with Gasteiger partial charge in [0.25, 0.3) is 0 Å². The van der Waals surface area contributed by atoms with E-state index in [1.807, 2.05) is 35.9 Å². The zero-order valence-electron chi connectivity index (χ0n) is 12.5. The van der Waals surface area contributed by atoms with Crippen molar-refractivity contribution < 1.29 is 4.92 Å². The summed E-state index contributed by atoms with van der Waals surface area (Å²) < 4.78 is 1.93. The van der Waals surface area contributed by atoms with Crippen molar-refractivity contribution in [2.45, 2.75) is 13.0 Å². The molecule has 1 N–H and O–H groups in total. The molecule has 0 radical (unpaired) electrons. The fourth-order valence-electron chi connectivity index (χ4n) is 2.28. The quantitative estimate of drug-likeness (QED) is 0.577. The van der Waals surface area contributed by atoms with Crippen molar-refractivity contribution in [1.82, 2.24) is 14.5 Å². The van der Waals surface area contributed by atoms with Crippen LogP contribution in [0, 0.1) is 10.1 Å². The Morgan fingerprint density at radius 3 is 2.83 bits per heavy atom. The summed E-state index contributed by atoms with van der Waals surface area (Å²) >= 11 is 0. The number of aromatic nitrogens is 3. The molecule has 0 spiro atoms. The van der Waals surface area contributed by atoms with Crippen molar-refractivity contribution in [2.75, 3.05) is 5.32 Å². The van der Waals surface area contributed by atoms with Crippen LogP contribution >= 0.6 is 0 Å². The number of rotatable bonds is 5. The summed E-state index contributed by atoms with van der Waals surface area (Å²) in [6.45, 7) is 2.02. The SMILES string of the molecule is C[C@H](Nc1ccc([N+](=O)[O-])nc1)c1cccc(-n2ccnc2)c1. The van der Waals surface area contributed by atoms with Crippen molar-refractivity contribution in [3.8, 4) is 5.69 Å². The number of benzene rings is 1. The third kappa shape index (κ3) is 3.34. The molecule has 23 heavy (non-hydrogen) atoms. The Morgan fingerprint density at radius 1 is 1.30 bits per heavy atom. The lowest BCUT2D eigenvalue weighted by atomic mass is 10.1. The predicted molar refractivity (Wildman–Crippen MR) is 86.5 cm³/mol. The normalized spacial score (nSPS) is 11.9. The van der Waals surface area contributed by atoms with Gasteiger partial charge in [-0.2, -0.15) is 0 Å². The van der Waals surface area contributed by atoms with Gasteiger partial charge in [-0.1, -0.05) is 12.1 Å². The van der Waals surface area contributed by atoms with Gasteiger partial charge in [-0.15, -0.1) is 0 Å². The van der Waals surface area contributed by atoms with E-state index in [4.69, 9.17) is 0 Å². The topological polar surface area (TPSA) is 85.9 Å². The maximum Gasteiger partial charge on any atom is 0.363 e. The highest BCUT2D eigenvalue weighted by atomic mass is 16.6. The van der Waals surface area contributed by atoms with Crippen LogP contribution in [-0.2, 0) is 0 Å². The molecule has 0 saturated carbocycles. The minimum absolute atomic E-state index is 0.0294. The van der Waals surface area contributed by atoms with E-state index in [1.165, 1.54) is 12.3 Å². The molecule has 116 valence electrons. The Hall–Kier alpha value is -3.22. The van der Waals surface area contributed by atoms with Gasteiger partial charge < -0.3 is 20.0 Å². The van der Waals surface area contributed by atoms with Gasteiger partial charge in [-0.25, -0.2) is 4.98 Å². The van der Waals surface area contributed by atoms with E-state index in [0.29, 0.717) is 0 Å². The van der Waals surface area contributed by atoms with Crippen LogP contribution in [0.1, 0.15) is 18.5 Å². The van der Waals surface area contributed by atoms with Crippen LogP contribution < -0.4 is 5.32 Å². The first-order valence-electron chi connectivity index (χ1n) is 7.09. The molecule has 0 amide bonds. The average molecular weight is 309 g/mol. The highest BCUT2D eigenvalue weighted by Crippen LogP contribution is 2.22. The third-order valence-electron chi connectivity index (χ3n) is 3.49. The number of hydrogen-bond donors (Lipinski definition) is 1. The first kappa shape index (κ1) is 14.7. The standard InChI is InChI=1S/C16H15N5O2/c1-12(19-14-5-6-16(18-10-14)21(22)23)13-3-2-4-15(9-13)20-8-7-17-11-20/h2-12,19H,1H3/t12-/m0/s1. The van der Waals surface area contributed by atoms with Crippen molar-refractivity contribution in [2.24, 2.45) is 0 Å². The molecule has 1 aromatic carbocycles. The summed E-state index contributed by atoms with van der Waals surface area (Å²) in [4.78, 5) is 18.0. The number of hydrogen-bond acceptors (Lipinski definition) is 5. The van der Waals surface area contributed by atoms with Gasteiger partial charge in [0.05, 0.1) is 12.0 Å².